The number of halogens is 1. The van der Waals surface area contributed by atoms with Gasteiger partial charge < -0.3 is 9.47 Å². The van der Waals surface area contributed by atoms with E-state index in [-0.39, 0.29) is 11.6 Å². The lowest BCUT2D eigenvalue weighted by Gasteiger charge is -2.30. The summed E-state index contributed by atoms with van der Waals surface area (Å²) in [5.74, 6) is 1.33. The van der Waals surface area contributed by atoms with E-state index < -0.39 is 0 Å². The molecule has 5 heteroatoms. The van der Waals surface area contributed by atoms with Crippen LogP contribution in [0.5, 0.6) is 11.5 Å². The molecule has 0 aromatic heterocycles. The minimum absolute atomic E-state index is 0.111. The second-order valence-electron chi connectivity index (χ2n) is 8.05. The monoisotopic (exact) mass is 415 g/mol. The van der Waals surface area contributed by atoms with Gasteiger partial charge >= 0.3 is 0 Å². The summed E-state index contributed by atoms with van der Waals surface area (Å²) in [5, 5.41) is 0. The van der Waals surface area contributed by atoms with Crippen LogP contribution in [0.1, 0.15) is 38.2 Å². The predicted octanol–water partition coefficient (Wildman–Crippen LogP) is 5.41. The molecule has 2 aliphatic heterocycles. The summed E-state index contributed by atoms with van der Waals surface area (Å²) in [7, 11) is 0. The Kier molecular flexibility index (Phi) is 4.83. The summed E-state index contributed by atoms with van der Waals surface area (Å²) in [6, 6.07) is 16.2. The summed E-state index contributed by atoms with van der Waals surface area (Å²) >= 11 is 0. The molecule has 0 spiro atoms. The van der Waals surface area contributed by atoms with Crippen molar-refractivity contribution in [3.05, 3.63) is 99.6 Å². The maximum absolute atomic E-state index is 13.2. The summed E-state index contributed by atoms with van der Waals surface area (Å²) in [6.07, 6.45) is 1.80. The molecule has 5 rings (SSSR count). The van der Waals surface area contributed by atoms with Gasteiger partial charge in [0.1, 0.15) is 24.0 Å². The number of rotatable bonds is 3. The molecule has 0 radical (unpaired) electrons. The Morgan fingerprint density at radius 1 is 1.06 bits per heavy atom. The topological polar surface area (TPSA) is 38.8 Å². The van der Waals surface area contributed by atoms with Crippen molar-refractivity contribution in [1.82, 2.24) is 4.90 Å². The standard InChI is InChI=1S/C26H22FNO3/c1-16-5-3-4-6-19(16)12-23-24(29)22-11-20-14-28(13-18-7-9-21(27)10-8-18)15-30-25(20)17(2)26(22)31-23/h3-12H,13-15H2,1-2H3/b23-12-. The number of hydrogen-bond donors (Lipinski definition) is 0. The first-order chi connectivity index (χ1) is 15.0. The number of carbonyl (C=O) groups excluding carboxylic acids is 1. The van der Waals surface area contributed by atoms with Crippen molar-refractivity contribution in [2.24, 2.45) is 0 Å². The number of nitrogens with zero attached hydrogens (tertiary/aromatic N) is 1. The quantitative estimate of drug-likeness (QED) is 0.536. The van der Waals surface area contributed by atoms with Crippen molar-refractivity contribution in [1.29, 1.82) is 0 Å². The first-order valence-corrected chi connectivity index (χ1v) is 10.3. The number of fused-ring (bicyclic) bond motifs is 2. The molecule has 0 bridgehead atoms. The summed E-state index contributed by atoms with van der Waals surface area (Å²) < 4.78 is 25.2. The number of hydrogen-bond acceptors (Lipinski definition) is 4. The lowest BCUT2D eigenvalue weighted by molar-refractivity contribution is 0.0876. The number of benzene rings is 3. The van der Waals surface area contributed by atoms with Crippen molar-refractivity contribution < 1.29 is 18.7 Å². The van der Waals surface area contributed by atoms with Crippen molar-refractivity contribution in [3.8, 4) is 11.5 Å². The molecule has 4 nitrogen and oxygen atoms in total. The van der Waals surface area contributed by atoms with E-state index in [1.807, 2.05) is 44.2 Å². The molecule has 0 unspecified atom stereocenters. The molecule has 2 heterocycles. The molecule has 3 aromatic carbocycles. The van der Waals surface area contributed by atoms with E-state index in [4.69, 9.17) is 9.47 Å². The minimum Gasteiger partial charge on any atom is -0.477 e. The van der Waals surface area contributed by atoms with Crippen LogP contribution in [0.4, 0.5) is 4.39 Å². The highest BCUT2D eigenvalue weighted by Gasteiger charge is 2.33. The van der Waals surface area contributed by atoms with Gasteiger partial charge in [-0.25, -0.2) is 4.39 Å². The second kappa shape index (κ2) is 7.67. The Balaban J connectivity index is 1.43. The predicted molar refractivity (Wildman–Crippen MR) is 116 cm³/mol. The van der Waals surface area contributed by atoms with E-state index >= 15 is 0 Å². The third kappa shape index (κ3) is 3.62. The molecule has 0 N–H and O–H groups in total. The normalized spacial score (nSPS) is 16.6. The van der Waals surface area contributed by atoms with Crippen LogP contribution in [-0.4, -0.2) is 17.4 Å². The van der Waals surface area contributed by atoms with Gasteiger partial charge in [-0.2, -0.15) is 0 Å². The Hall–Kier alpha value is -3.44. The lowest BCUT2D eigenvalue weighted by atomic mass is 9.99. The van der Waals surface area contributed by atoms with Gasteiger partial charge in [0.15, 0.2) is 5.76 Å². The van der Waals surface area contributed by atoms with Crippen LogP contribution in [0.15, 0.2) is 60.4 Å². The van der Waals surface area contributed by atoms with Gasteiger partial charge in [-0.15, -0.1) is 0 Å². The van der Waals surface area contributed by atoms with E-state index in [0.29, 0.717) is 36.9 Å². The smallest absolute Gasteiger partial charge is 0.231 e. The highest BCUT2D eigenvalue weighted by atomic mass is 19.1. The Bertz CT molecular complexity index is 1210. The van der Waals surface area contributed by atoms with Gasteiger partial charge in [-0.05, 0) is 54.8 Å². The maximum Gasteiger partial charge on any atom is 0.231 e. The van der Waals surface area contributed by atoms with E-state index in [2.05, 4.69) is 4.90 Å². The fourth-order valence-corrected chi connectivity index (χ4v) is 4.14. The number of carbonyl (C=O) groups is 1. The van der Waals surface area contributed by atoms with Gasteiger partial charge in [0.2, 0.25) is 5.78 Å². The first-order valence-electron chi connectivity index (χ1n) is 10.3. The lowest BCUT2D eigenvalue weighted by Crippen LogP contribution is -2.32. The molecule has 0 atom stereocenters. The highest BCUT2D eigenvalue weighted by Crippen LogP contribution is 2.43. The first kappa shape index (κ1) is 19.5. The largest absolute Gasteiger partial charge is 0.477 e. The molecule has 0 aliphatic carbocycles. The van der Waals surface area contributed by atoms with Crippen LogP contribution >= 0.6 is 0 Å². The zero-order chi connectivity index (χ0) is 21.5. The third-order valence-corrected chi connectivity index (χ3v) is 5.80. The summed E-state index contributed by atoms with van der Waals surface area (Å²) in [4.78, 5) is 15.2. The summed E-state index contributed by atoms with van der Waals surface area (Å²) in [6.45, 7) is 5.64. The Morgan fingerprint density at radius 3 is 2.61 bits per heavy atom. The fourth-order valence-electron chi connectivity index (χ4n) is 4.14. The molecule has 0 saturated carbocycles. The zero-order valence-corrected chi connectivity index (χ0v) is 17.4. The van der Waals surface area contributed by atoms with Crippen LogP contribution in [0, 0.1) is 19.7 Å². The molecule has 31 heavy (non-hydrogen) atoms. The van der Waals surface area contributed by atoms with Crippen LogP contribution in [0.25, 0.3) is 6.08 Å². The third-order valence-electron chi connectivity index (χ3n) is 5.80. The molecular weight excluding hydrogens is 393 g/mol. The number of Topliss-reactive ketones (excluding diaryl/α,β-unsaturated/α-hetero) is 1. The van der Waals surface area contributed by atoms with Crippen molar-refractivity contribution in [3.63, 3.8) is 0 Å². The highest BCUT2D eigenvalue weighted by molar-refractivity contribution is 6.15. The molecule has 156 valence electrons. The molecule has 2 aliphatic rings. The Morgan fingerprint density at radius 2 is 1.84 bits per heavy atom. The van der Waals surface area contributed by atoms with Gasteiger partial charge in [0, 0.05) is 24.2 Å². The van der Waals surface area contributed by atoms with Crippen LogP contribution in [0.3, 0.4) is 0 Å². The number of ketones is 1. The van der Waals surface area contributed by atoms with E-state index in [9.17, 15) is 9.18 Å². The SMILES string of the molecule is Cc1ccccc1/C=C1\Oc2c(cc3c(c2C)OCN(Cc2ccc(F)cc2)C3)C1=O. The van der Waals surface area contributed by atoms with Crippen LogP contribution in [0.2, 0.25) is 0 Å². The van der Waals surface area contributed by atoms with Gasteiger partial charge in [-0.1, -0.05) is 36.4 Å². The minimum atomic E-state index is -0.247. The van der Waals surface area contributed by atoms with E-state index in [1.54, 1.807) is 18.2 Å². The number of aryl methyl sites for hydroxylation is 1. The zero-order valence-electron chi connectivity index (χ0n) is 17.4. The van der Waals surface area contributed by atoms with E-state index in [1.165, 1.54) is 12.1 Å². The molecule has 0 amide bonds. The van der Waals surface area contributed by atoms with Crippen LogP contribution < -0.4 is 9.47 Å². The summed E-state index contributed by atoms with van der Waals surface area (Å²) in [5.41, 5.74) is 5.42. The average Bonchev–Trinajstić information content (AvgIpc) is 3.07. The van der Waals surface area contributed by atoms with Crippen molar-refractivity contribution >= 4 is 11.9 Å². The molecular formula is C26H22FNO3. The number of allylic oxidation sites excluding steroid dienone is 1. The molecule has 3 aromatic rings. The number of ether oxygens (including phenoxy) is 2. The van der Waals surface area contributed by atoms with Gasteiger partial charge in [-0.3, -0.25) is 9.69 Å². The second-order valence-corrected chi connectivity index (χ2v) is 8.05. The van der Waals surface area contributed by atoms with Crippen molar-refractivity contribution in [2.75, 3.05) is 6.73 Å². The average molecular weight is 415 g/mol. The maximum atomic E-state index is 13.2. The molecule has 0 fully saturated rings. The van der Waals surface area contributed by atoms with Gasteiger partial charge in [0.25, 0.3) is 0 Å². The van der Waals surface area contributed by atoms with Crippen molar-refractivity contribution in [2.45, 2.75) is 26.9 Å². The fraction of sp³-hybridized carbons (Fsp3) is 0.192. The molecule has 0 saturated heterocycles. The van der Waals surface area contributed by atoms with E-state index in [0.717, 1.165) is 33.6 Å². The van der Waals surface area contributed by atoms with Gasteiger partial charge in [0.05, 0.1) is 5.56 Å². The Labute approximate surface area is 180 Å². The van der Waals surface area contributed by atoms with Crippen LogP contribution in [-0.2, 0) is 13.1 Å².